The van der Waals surface area contributed by atoms with Crippen molar-refractivity contribution in [1.29, 1.82) is 0 Å². The number of aryl methyl sites for hydroxylation is 1. The second-order valence-corrected chi connectivity index (χ2v) is 7.03. The van der Waals surface area contributed by atoms with E-state index in [-0.39, 0.29) is 11.7 Å². The van der Waals surface area contributed by atoms with Gasteiger partial charge >= 0.3 is 0 Å². The van der Waals surface area contributed by atoms with Crippen molar-refractivity contribution in [2.24, 2.45) is 0 Å². The average molecular weight is 367 g/mol. The lowest BCUT2D eigenvalue weighted by atomic mass is 9.88. The van der Waals surface area contributed by atoms with Gasteiger partial charge in [-0.1, -0.05) is 0 Å². The van der Waals surface area contributed by atoms with Crippen LogP contribution in [0.25, 0.3) is 22.6 Å². The van der Waals surface area contributed by atoms with Crippen LogP contribution in [0.15, 0.2) is 27.2 Å². The van der Waals surface area contributed by atoms with Gasteiger partial charge < -0.3 is 24.2 Å². The Bertz CT molecular complexity index is 1000. The summed E-state index contributed by atoms with van der Waals surface area (Å²) in [5.41, 5.74) is 10.3. The summed E-state index contributed by atoms with van der Waals surface area (Å²) < 4.78 is 16.8. The molecule has 0 aromatic carbocycles. The Hall–Kier alpha value is -2.80. The monoisotopic (exact) mass is 367 g/mol. The van der Waals surface area contributed by atoms with Gasteiger partial charge in [-0.2, -0.15) is 0 Å². The highest BCUT2D eigenvalue weighted by atomic mass is 16.5. The Morgan fingerprint density at radius 2 is 1.93 bits per heavy atom. The van der Waals surface area contributed by atoms with Gasteiger partial charge in [0, 0.05) is 13.1 Å². The van der Waals surface area contributed by atoms with E-state index in [9.17, 15) is 4.79 Å². The fraction of sp³-hybridized carbons (Fsp3) is 0.400. The maximum atomic E-state index is 12.9. The van der Waals surface area contributed by atoms with Gasteiger partial charge in [-0.05, 0) is 48.9 Å². The van der Waals surface area contributed by atoms with Gasteiger partial charge in [0.25, 0.3) is 5.91 Å². The number of hydrogen-bond acceptors (Lipinski definition) is 6. The maximum absolute atomic E-state index is 12.9. The Balaban J connectivity index is 1.68. The molecule has 0 saturated carbocycles. The molecule has 140 valence electrons. The van der Waals surface area contributed by atoms with Crippen molar-refractivity contribution in [3.63, 3.8) is 0 Å². The first kappa shape index (κ1) is 16.4. The first-order valence-corrected chi connectivity index (χ1v) is 9.38. The van der Waals surface area contributed by atoms with Crippen LogP contribution in [0.3, 0.4) is 0 Å². The average Bonchev–Trinajstić information content (AvgIpc) is 3.36. The van der Waals surface area contributed by atoms with Crippen molar-refractivity contribution in [2.45, 2.75) is 25.7 Å². The van der Waals surface area contributed by atoms with Crippen molar-refractivity contribution < 1.29 is 18.4 Å². The zero-order chi connectivity index (χ0) is 18.4. The predicted octanol–water partition coefficient (Wildman–Crippen LogP) is 3.02. The Morgan fingerprint density at radius 3 is 2.67 bits per heavy atom. The van der Waals surface area contributed by atoms with Gasteiger partial charge in [0.1, 0.15) is 5.69 Å². The summed E-state index contributed by atoms with van der Waals surface area (Å²) >= 11 is 0. The Morgan fingerprint density at radius 1 is 1.15 bits per heavy atom. The number of fused-ring (bicyclic) bond motifs is 3. The van der Waals surface area contributed by atoms with Crippen molar-refractivity contribution in [3.8, 4) is 11.5 Å². The molecule has 1 aliphatic carbocycles. The number of ether oxygens (including phenoxy) is 1. The third kappa shape index (κ3) is 2.61. The molecule has 7 heteroatoms. The number of aromatic nitrogens is 1. The third-order valence-electron chi connectivity index (χ3n) is 5.44. The second kappa shape index (κ2) is 6.42. The fourth-order valence-electron chi connectivity index (χ4n) is 4.10. The molecule has 0 bridgehead atoms. The summed E-state index contributed by atoms with van der Waals surface area (Å²) in [4.78, 5) is 19.3. The highest BCUT2D eigenvalue weighted by molar-refractivity contribution is 6.06. The van der Waals surface area contributed by atoms with Crippen molar-refractivity contribution in [2.75, 3.05) is 32.0 Å². The number of pyridine rings is 1. The van der Waals surface area contributed by atoms with Crippen LogP contribution >= 0.6 is 0 Å². The molecule has 4 heterocycles. The van der Waals surface area contributed by atoms with E-state index in [4.69, 9.17) is 24.3 Å². The molecule has 0 atom stereocenters. The van der Waals surface area contributed by atoms with Crippen LogP contribution in [0.5, 0.6) is 0 Å². The molecule has 2 aliphatic rings. The Kier molecular flexibility index (Phi) is 3.89. The quantitative estimate of drug-likeness (QED) is 0.748. The number of hydrogen-bond donors (Lipinski definition) is 1. The minimum Gasteiger partial charge on any atom is -0.463 e. The van der Waals surface area contributed by atoms with E-state index < -0.39 is 0 Å². The largest absolute Gasteiger partial charge is 0.463 e. The van der Waals surface area contributed by atoms with Crippen LogP contribution in [-0.4, -0.2) is 42.1 Å². The molecule has 7 nitrogen and oxygen atoms in total. The van der Waals surface area contributed by atoms with Crippen LogP contribution < -0.4 is 5.73 Å². The van der Waals surface area contributed by atoms with E-state index in [1.807, 2.05) is 12.1 Å². The number of carbonyl (C=O) groups excluding carboxylic acids is 1. The molecule has 1 aliphatic heterocycles. The summed E-state index contributed by atoms with van der Waals surface area (Å²) in [6, 6.07) is 3.75. The number of anilines is 1. The van der Waals surface area contributed by atoms with Crippen LogP contribution in [0.1, 0.15) is 34.5 Å². The van der Waals surface area contributed by atoms with E-state index in [1.54, 1.807) is 11.2 Å². The lowest BCUT2D eigenvalue weighted by Crippen LogP contribution is -2.40. The van der Waals surface area contributed by atoms with Gasteiger partial charge in [-0.3, -0.25) is 4.79 Å². The van der Waals surface area contributed by atoms with Crippen LogP contribution in [-0.2, 0) is 17.6 Å². The number of nitrogens with two attached hydrogens (primary N) is 1. The van der Waals surface area contributed by atoms with Crippen LogP contribution in [0.2, 0.25) is 0 Å². The van der Waals surface area contributed by atoms with Gasteiger partial charge in [0.2, 0.25) is 11.5 Å². The molecule has 0 spiro atoms. The summed E-state index contributed by atoms with van der Waals surface area (Å²) in [6.07, 6.45) is 5.65. The van der Waals surface area contributed by atoms with Crippen molar-refractivity contribution in [1.82, 2.24) is 9.88 Å². The van der Waals surface area contributed by atoms with Gasteiger partial charge in [-0.25, -0.2) is 4.98 Å². The number of carbonyl (C=O) groups is 1. The first-order chi connectivity index (χ1) is 13.2. The van der Waals surface area contributed by atoms with E-state index in [1.165, 1.54) is 0 Å². The summed E-state index contributed by atoms with van der Waals surface area (Å²) in [6.45, 7) is 2.14. The molecule has 3 aromatic rings. The first-order valence-electron chi connectivity index (χ1n) is 9.38. The molecule has 27 heavy (non-hydrogen) atoms. The molecule has 0 radical (unpaired) electrons. The topological polar surface area (TPSA) is 94.7 Å². The SMILES string of the molecule is Nc1c(C(=O)N2CCOCC2)oc2nc(-c3ccco3)c3c(c12)CCCC3. The molecule has 0 unspecified atom stereocenters. The summed E-state index contributed by atoms with van der Waals surface area (Å²) in [5.74, 6) is 0.702. The smallest absolute Gasteiger partial charge is 0.292 e. The van der Waals surface area contributed by atoms with Gasteiger partial charge in [-0.15, -0.1) is 0 Å². The third-order valence-corrected chi connectivity index (χ3v) is 5.44. The van der Waals surface area contributed by atoms with E-state index in [0.29, 0.717) is 43.5 Å². The summed E-state index contributed by atoms with van der Waals surface area (Å²) in [5, 5.41) is 0.789. The number of nitrogen functional groups attached to an aromatic ring is 1. The number of nitrogens with zero attached hydrogens (tertiary/aromatic N) is 2. The van der Waals surface area contributed by atoms with Crippen molar-refractivity contribution in [3.05, 3.63) is 35.3 Å². The van der Waals surface area contributed by atoms with Crippen LogP contribution in [0, 0.1) is 0 Å². The number of amides is 1. The van der Waals surface area contributed by atoms with Crippen molar-refractivity contribution >= 4 is 22.7 Å². The molecule has 1 fully saturated rings. The highest BCUT2D eigenvalue weighted by Gasteiger charge is 2.30. The predicted molar refractivity (Wildman–Crippen MR) is 99.5 cm³/mol. The van der Waals surface area contributed by atoms with E-state index in [2.05, 4.69) is 0 Å². The normalized spacial score (nSPS) is 17.3. The molecule has 3 aromatic heterocycles. The molecule has 1 saturated heterocycles. The van der Waals surface area contributed by atoms with E-state index in [0.717, 1.165) is 47.9 Å². The number of furan rings is 2. The zero-order valence-corrected chi connectivity index (χ0v) is 15.0. The Labute approximate surface area is 156 Å². The number of rotatable bonds is 2. The molecular weight excluding hydrogens is 346 g/mol. The second-order valence-electron chi connectivity index (χ2n) is 7.03. The molecule has 2 N–H and O–H groups in total. The molecular formula is C20H21N3O4. The van der Waals surface area contributed by atoms with E-state index >= 15 is 0 Å². The minimum atomic E-state index is -0.196. The lowest BCUT2D eigenvalue weighted by Gasteiger charge is -2.25. The zero-order valence-electron chi connectivity index (χ0n) is 15.0. The summed E-state index contributed by atoms with van der Waals surface area (Å²) in [7, 11) is 0. The number of morpholine rings is 1. The lowest BCUT2D eigenvalue weighted by molar-refractivity contribution is 0.0285. The fourth-order valence-corrected chi connectivity index (χ4v) is 4.10. The molecule has 1 amide bonds. The van der Waals surface area contributed by atoms with Gasteiger partial charge in [0.05, 0.1) is 30.6 Å². The highest BCUT2D eigenvalue weighted by Crippen LogP contribution is 2.40. The maximum Gasteiger partial charge on any atom is 0.292 e. The van der Waals surface area contributed by atoms with Gasteiger partial charge in [0.15, 0.2) is 5.76 Å². The standard InChI is InChI=1S/C20H21N3O4/c21-16-15-12-4-1-2-5-13(12)17(14-6-3-9-26-14)22-19(15)27-18(16)20(24)23-7-10-25-11-8-23/h3,6,9H,1-2,4-5,7-8,10-11,21H2. The van der Waals surface area contributed by atoms with Crippen LogP contribution in [0.4, 0.5) is 5.69 Å². The minimum absolute atomic E-state index is 0.184. The molecule has 5 rings (SSSR count).